The van der Waals surface area contributed by atoms with Crippen molar-refractivity contribution in [2.24, 2.45) is 0 Å². The number of nitrogens with zero attached hydrogens (tertiary/aromatic N) is 2. The van der Waals surface area contributed by atoms with Crippen LogP contribution in [0.4, 0.5) is 0 Å². The summed E-state index contributed by atoms with van der Waals surface area (Å²) in [5.74, 6) is 0. The second-order valence-corrected chi connectivity index (χ2v) is 7.62. The molecule has 0 saturated carbocycles. The quantitative estimate of drug-likeness (QED) is 0.624. The van der Waals surface area contributed by atoms with Gasteiger partial charge < -0.3 is 4.74 Å². The van der Waals surface area contributed by atoms with Gasteiger partial charge in [-0.25, -0.2) is 0 Å². The van der Waals surface area contributed by atoms with Gasteiger partial charge in [-0.2, -0.15) is 0 Å². The third-order valence-corrected chi connectivity index (χ3v) is 5.44. The monoisotopic (exact) mass is 370 g/mol. The maximum atomic E-state index is 6.64. The number of hydrogen-bond acceptors (Lipinski definition) is 3. The average molecular weight is 370 g/mol. The molecule has 3 nitrogen and oxygen atoms in total. The first-order valence-electron chi connectivity index (χ1n) is 10.2. The van der Waals surface area contributed by atoms with Crippen LogP contribution in [-0.2, 0) is 11.3 Å². The zero-order chi connectivity index (χ0) is 19.2. The molecule has 4 rings (SSSR count). The number of piperidine rings is 1. The summed E-state index contributed by atoms with van der Waals surface area (Å²) < 4.78 is 6.64. The van der Waals surface area contributed by atoms with Crippen molar-refractivity contribution in [2.75, 3.05) is 13.1 Å². The van der Waals surface area contributed by atoms with E-state index < -0.39 is 0 Å². The number of likely N-dealkylation sites (tertiary alicyclic amines) is 1. The van der Waals surface area contributed by atoms with Crippen molar-refractivity contribution in [1.82, 2.24) is 9.88 Å². The van der Waals surface area contributed by atoms with Gasteiger partial charge in [0.15, 0.2) is 7.85 Å². The molecule has 0 aliphatic carbocycles. The Labute approximate surface area is 168 Å². The first kappa shape index (κ1) is 18.9. The maximum Gasteiger partial charge on any atom is 0.163 e. The van der Waals surface area contributed by atoms with Crippen LogP contribution in [0.2, 0.25) is 0 Å². The van der Waals surface area contributed by atoms with Gasteiger partial charge >= 0.3 is 0 Å². The molecule has 0 bridgehead atoms. The van der Waals surface area contributed by atoms with Crippen LogP contribution >= 0.6 is 0 Å². The lowest BCUT2D eigenvalue weighted by atomic mass is 9.99. The predicted molar refractivity (Wildman–Crippen MR) is 117 cm³/mol. The zero-order valence-electron chi connectivity index (χ0n) is 16.5. The van der Waals surface area contributed by atoms with Crippen LogP contribution in [0.25, 0.3) is 0 Å². The Hall–Kier alpha value is -2.43. The van der Waals surface area contributed by atoms with Gasteiger partial charge in [0, 0.05) is 25.8 Å². The van der Waals surface area contributed by atoms with E-state index in [1.807, 2.05) is 6.20 Å². The van der Waals surface area contributed by atoms with Crippen molar-refractivity contribution in [3.63, 3.8) is 0 Å². The molecular weight excluding hydrogens is 343 g/mol. The van der Waals surface area contributed by atoms with Crippen molar-refractivity contribution in [2.45, 2.75) is 31.6 Å². The van der Waals surface area contributed by atoms with E-state index in [4.69, 9.17) is 4.74 Å². The Balaban J connectivity index is 1.39. The van der Waals surface area contributed by atoms with Crippen LogP contribution in [0, 0.1) is 0 Å². The lowest BCUT2D eigenvalue weighted by molar-refractivity contribution is -0.0281. The molecule has 0 N–H and O–H groups in total. The lowest BCUT2D eigenvalue weighted by Gasteiger charge is -2.34. The number of hydrogen-bond donors (Lipinski definition) is 0. The minimum atomic E-state index is 0.00166. The minimum Gasteiger partial charge on any atom is -0.365 e. The molecule has 0 spiro atoms. The Morgan fingerprint density at radius 2 is 1.54 bits per heavy atom. The molecule has 0 radical (unpaired) electrons. The summed E-state index contributed by atoms with van der Waals surface area (Å²) in [6, 6.07) is 25.5. The molecule has 4 heteroatoms. The molecule has 28 heavy (non-hydrogen) atoms. The van der Waals surface area contributed by atoms with E-state index in [1.165, 1.54) is 16.7 Å². The van der Waals surface area contributed by atoms with Gasteiger partial charge in [-0.3, -0.25) is 9.88 Å². The summed E-state index contributed by atoms with van der Waals surface area (Å²) in [5.41, 5.74) is 4.88. The topological polar surface area (TPSA) is 25.4 Å². The van der Waals surface area contributed by atoms with Gasteiger partial charge in [-0.1, -0.05) is 60.7 Å². The van der Waals surface area contributed by atoms with Crippen LogP contribution in [0.3, 0.4) is 0 Å². The first-order valence-corrected chi connectivity index (χ1v) is 10.2. The van der Waals surface area contributed by atoms with E-state index in [2.05, 4.69) is 90.5 Å². The van der Waals surface area contributed by atoms with Gasteiger partial charge in [0.1, 0.15) is 6.10 Å². The summed E-state index contributed by atoms with van der Waals surface area (Å²) in [6.45, 7) is 3.14. The fourth-order valence-electron chi connectivity index (χ4n) is 3.96. The Kier molecular flexibility index (Phi) is 6.20. The Morgan fingerprint density at radius 1 is 0.929 bits per heavy atom. The summed E-state index contributed by atoms with van der Waals surface area (Å²) in [4.78, 5) is 6.82. The Bertz CT molecular complexity index is 825. The summed E-state index contributed by atoms with van der Waals surface area (Å²) >= 11 is 0. The van der Waals surface area contributed by atoms with Crippen LogP contribution < -0.4 is 5.59 Å². The van der Waals surface area contributed by atoms with Crippen LogP contribution in [-0.4, -0.2) is 36.9 Å². The van der Waals surface area contributed by atoms with Crippen LogP contribution in [0.5, 0.6) is 0 Å². The third kappa shape index (κ3) is 4.89. The summed E-state index contributed by atoms with van der Waals surface area (Å²) in [6.07, 6.45) is 4.34. The number of ether oxygens (including phenoxy) is 1. The number of pyridine rings is 1. The molecule has 0 atom stereocenters. The molecule has 2 aromatic carbocycles. The molecule has 1 fully saturated rings. The summed E-state index contributed by atoms with van der Waals surface area (Å²) in [5, 5.41) is 0. The van der Waals surface area contributed by atoms with Crippen molar-refractivity contribution >= 4 is 13.4 Å². The van der Waals surface area contributed by atoms with Gasteiger partial charge in [0.25, 0.3) is 0 Å². The summed E-state index contributed by atoms with van der Waals surface area (Å²) in [7, 11) is 2.05. The highest BCUT2D eigenvalue weighted by Gasteiger charge is 2.24. The maximum absolute atomic E-state index is 6.64. The molecule has 142 valence electrons. The molecule has 1 aromatic heterocycles. The largest absolute Gasteiger partial charge is 0.365 e. The highest BCUT2D eigenvalue weighted by atomic mass is 16.5. The minimum absolute atomic E-state index is 0.00166. The fraction of sp³-hybridized carbons (Fsp3) is 0.292. The SMILES string of the molecule is Bc1cc(CN2CCC(OC(c3ccccc3)c3ccccc3)CC2)ccn1. The number of aromatic nitrogens is 1. The highest BCUT2D eigenvalue weighted by Crippen LogP contribution is 2.30. The molecule has 2 heterocycles. The van der Waals surface area contributed by atoms with Gasteiger partial charge in [0.05, 0.1) is 6.10 Å². The molecular formula is C24H27BN2O. The van der Waals surface area contributed by atoms with E-state index in [-0.39, 0.29) is 6.10 Å². The normalized spacial score (nSPS) is 15.8. The molecule has 1 aliphatic heterocycles. The van der Waals surface area contributed by atoms with Crippen molar-refractivity contribution in [3.8, 4) is 0 Å². The Morgan fingerprint density at radius 3 is 2.11 bits per heavy atom. The molecule has 0 unspecified atom stereocenters. The van der Waals surface area contributed by atoms with Gasteiger partial charge in [-0.05, 0) is 47.3 Å². The van der Waals surface area contributed by atoms with E-state index in [0.29, 0.717) is 6.10 Å². The smallest absolute Gasteiger partial charge is 0.163 e. The van der Waals surface area contributed by atoms with Crippen molar-refractivity contribution < 1.29 is 4.74 Å². The fourth-order valence-corrected chi connectivity index (χ4v) is 3.96. The van der Waals surface area contributed by atoms with Crippen LogP contribution in [0.1, 0.15) is 35.6 Å². The van der Waals surface area contributed by atoms with Crippen molar-refractivity contribution in [1.29, 1.82) is 0 Å². The molecule has 1 aliphatic rings. The average Bonchev–Trinajstić information content (AvgIpc) is 2.74. The molecule has 1 saturated heterocycles. The van der Waals surface area contributed by atoms with Gasteiger partial charge in [0.2, 0.25) is 0 Å². The van der Waals surface area contributed by atoms with Gasteiger partial charge in [-0.15, -0.1) is 0 Å². The van der Waals surface area contributed by atoms with Crippen LogP contribution in [0.15, 0.2) is 79.0 Å². The number of rotatable bonds is 6. The number of benzene rings is 2. The van der Waals surface area contributed by atoms with E-state index in [9.17, 15) is 0 Å². The second kappa shape index (κ2) is 9.18. The standard InChI is InChI=1S/C24H27BN2O/c25-23-17-19(11-14-26-23)18-27-15-12-22(13-16-27)28-24(20-7-3-1-4-8-20)21-9-5-2-6-10-21/h1-11,14,17,22,24H,12-13,15-16,18,25H2. The predicted octanol–water partition coefficient (Wildman–Crippen LogP) is 3.11. The molecule has 3 aromatic rings. The van der Waals surface area contributed by atoms with E-state index >= 15 is 0 Å². The zero-order valence-corrected chi connectivity index (χ0v) is 16.5. The second-order valence-electron chi connectivity index (χ2n) is 7.62. The highest BCUT2D eigenvalue weighted by molar-refractivity contribution is 6.30. The van der Waals surface area contributed by atoms with E-state index in [0.717, 1.165) is 38.1 Å². The lowest BCUT2D eigenvalue weighted by Crippen LogP contribution is -2.37. The molecule has 0 amide bonds. The van der Waals surface area contributed by atoms with Crippen molar-refractivity contribution in [3.05, 3.63) is 95.7 Å². The first-order chi connectivity index (χ1) is 13.8. The van der Waals surface area contributed by atoms with E-state index in [1.54, 1.807) is 0 Å². The third-order valence-electron chi connectivity index (χ3n) is 5.44.